The number of nitrogens with zero attached hydrogens (tertiary/aromatic N) is 1. The summed E-state index contributed by atoms with van der Waals surface area (Å²) < 4.78 is 38.5. The number of nitriles is 1. The molecule has 0 aliphatic carbocycles. The molecule has 0 fully saturated rings. The number of esters is 1. The van der Waals surface area contributed by atoms with Crippen molar-refractivity contribution in [1.82, 2.24) is 0 Å². The Hall–Kier alpha value is -2.88. The minimum Gasteiger partial charge on any atom is -0.463 e. The summed E-state index contributed by atoms with van der Waals surface area (Å²) in [6.07, 6.45) is 0. The zero-order chi connectivity index (χ0) is 17.1. The lowest BCUT2D eigenvalue weighted by Gasteiger charge is -2.27. The highest BCUT2D eigenvalue weighted by atomic mass is 19.1. The van der Waals surface area contributed by atoms with Crippen LogP contribution in [0.1, 0.15) is 25.3 Å². The van der Waals surface area contributed by atoms with Crippen LogP contribution in [0, 0.1) is 23.0 Å². The molecular formula is C16H14F2N2O3. The number of allylic oxidation sites excluding steroid dienone is 2. The maximum Gasteiger partial charge on any atom is 0.338 e. The molecule has 2 N–H and O–H groups in total. The topological polar surface area (TPSA) is 85.3 Å². The molecule has 1 aliphatic heterocycles. The predicted molar refractivity (Wildman–Crippen MR) is 76.3 cm³/mol. The summed E-state index contributed by atoms with van der Waals surface area (Å²) in [4.78, 5) is 12.2. The fourth-order valence-electron chi connectivity index (χ4n) is 2.43. The normalized spacial score (nSPS) is 17.6. The van der Waals surface area contributed by atoms with Gasteiger partial charge in [-0.05, 0) is 26.0 Å². The van der Waals surface area contributed by atoms with Gasteiger partial charge in [-0.15, -0.1) is 0 Å². The van der Waals surface area contributed by atoms with Crippen LogP contribution >= 0.6 is 0 Å². The fraction of sp³-hybridized carbons (Fsp3) is 0.250. The minimum atomic E-state index is -1.33. The van der Waals surface area contributed by atoms with Gasteiger partial charge in [0.05, 0.1) is 18.1 Å². The van der Waals surface area contributed by atoms with Crippen LogP contribution in [0.15, 0.2) is 41.0 Å². The van der Waals surface area contributed by atoms with E-state index in [2.05, 4.69) is 0 Å². The molecule has 1 atom stereocenters. The van der Waals surface area contributed by atoms with E-state index < -0.39 is 29.1 Å². The van der Waals surface area contributed by atoms with E-state index in [9.17, 15) is 18.8 Å². The molecule has 2 rings (SSSR count). The summed E-state index contributed by atoms with van der Waals surface area (Å²) in [5, 5.41) is 9.30. The highest BCUT2D eigenvalue weighted by molar-refractivity contribution is 5.92. The first-order chi connectivity index (χ1) is 10.9. The summed E-state index contributed by atoms with van der Waals surface area (Å²) in [6.45, 7) is 3.06. The Labute approximate surface area is 131 Å². The molecule has 1 heterocycles. The molecule has 1 aromatic carbocycles. The van der Waals surface area contributed by atoms with Gasteiger partial charge in [0.15, 0.2) is 0 Å². The van der Waals surface area contributed by atoms with E-state index in [0.717, 1.165) is 12.1 Å². The lowest BCUT2D eigenvalue weighted by molar-refractivity contribution is -0.139. The van der Waals surface area contributed by atoms with E-state index >= 15 is 0 Å². The lowest BCUT2D eigenvalue weighted by Crippen LogP contribution is -2.26. The van der Waals surface area contributed by atoms with Gasteiger partial charge in [0, 0.05) is 5.56 Å². The molecule has 0 saturated carbocycles. The molecule has 0 aromatic heterocycles. The van der Waals surface area contributed by atoms with Crippen molar-refractivity contribution in [1.29, 1.82) is 5.26 Å². The molecular weight excluding hydrogens is 306 g/mol. The fourth-order valence-corrected chi connectivity index (χ4v) is 2.43. The average Bonchev–Trinajstić information content (AvgIpc) is 2.47. The molecule has 0 spiro atoms. The second-order valence-electron chi connectivity index (χ2n) is 4.75. The van der Waals surface area contributed by atoms with E-state index in [1.165, 1.54) is 13.0 Å². The van der Waals surface area contributed by atoms with E-state index in [1.807, 2.05) is 0 Å². The van der Waals surface area contributed by atoms with Crippen LogP contribution < -0.4 is 5.73 Å². The Morgan fingerprint density at radius 2 is 2.04 bits per heavy atom. The standard InChI is InChI=1S/C16H14F2N2O3/c1-3-22-16(21)12-8(2)23-15(20)9(7-19)13(12)14-10(17)5-4-6-11(14)18/h4-6,13H,3,20H2,1-2H3. The van der Waals surface area contributed by atoms with Crippen LogP contribution in [0.5, 0.6) is 0 Å². The third-order valence-corrected chi connectivity index (χ3v) is 3.39. The van der Waals surface area contributed by atoms with Gasteiger partial charge in [-0.1, -0.05) is 6.07 Å². The zero-order valence-electron chi connectivity index (χ0n) is 12.5. The number of hydrogen-bond acceptors (Lipinski definition) is 5. The molecule has 120 valence electrons. The summed E-state index contributed by atoms with van der Waals surface area (Å²) in [5.41, 5.74) is 4.80. The van der Waals surface area contributed by atoms with Gasteiger partial charge in [0.1, 0.15) is 29.0 Å². The van der Waals surface area contributed by atoms with Crippen molar-refractivity contribution in [3.8, 4) is 6.07 Å². The van der Waals surface area contributed by atoms with E-state index in [4.69, 9.17) is 15.2 Å². The van der Waals surface area contributed by atoms with E-state index in [1.54, 1.807) is 13.0 Å². The largest absolute Gasteiger partial charge is 0.463 e. The van der Waals surface area contributed by atoms with Crippen molar-refractivity contribution >= 4 is 5.97 Å². The van der Waals surface area contributed by atoms with Crippen molar-refractivity contribution < 1.29 is 23.0 Å². The van der Waals surface area contributed by atoms with E-state index in [-0.39, 0.29) is 29.4 Å². The smallest absolute Gasteiger partial charge is 0.338 e. The Morgan fingerprint density at radius 3 is 2.57 bits per heavy atom. The maximum absolute atomic E-state index is 14.2. The zero-order valence-corrected chi connectivity index (χ0v) is 12.5. The molecule has 1 aromatic rings. The molecule has 0 bridgehead atoms. The number of ether oxygens (including phenoxy) is 2. The van der Waals surface area contributed by atoms with Crippen LogP contribution in [0.2, 0.25) is 0 Å². The molecule has 0 radical (unpaired) electrons. The number of halogens is 2. The summed E-state index contributed by atoms with van der Waals surface area (Å²) in [5.74, 6) is -4.20. The molecule has 0 amide bonds. The van der Waals surface area contributed by atoms with Gasteiger partial charge in [-0.3, -0.25) is 0 Å². The number of nitrogens with two attached hydrogens (primary N) is 1. The van der Waals surface area contributed by atoms with Gasteiger partial charge < -0.3 is 15.2 Å². The first-order valence-electron chi connectivity index (χ1n) is 6.81. The SMILES string of the molecule is CCOC(=O)C1=C(C)OC(N)=C(C#N)C1c1c(F)cccc1F. The summed E-state index contributed by atoms with van der Waals surface area (Å²) in [6, 6.07) is 5.02. The molecule has 0 saturated heterocycles. The minimum absolute atomic E-state index is 0.0348. The van der Waals surface area contributed by atoms with Crippen LogP contribution in [0.4, 0.5) is 8.78 Å². The highest BCUT2D eigenvalue weighted by Gasteiger charge is 2.39. The summed E-state index contributed by atoms with van der Waals surface area (Å²) in [7, 11) is 0. The first kappa shape index (κ1) is 16.5. The third kappa shape index (κ3) is 2.88. The van der Waals surface area contributed by atoms with Crippen molar-refractivity contribution in [2.24, 2.45) is 5.73 Å². The van der Waals surface area contributed by atoms with Gasteiger partial charge in [0.2, 0.25) is 5.88 Å². The summed E-state index contributed by atoms with van der Waals surface area (Å²) >= 11 is 0. The predicted octanol–water partition coefficient (Wildman–Crippen LogP) is 2.61. The molecule has 1 unspecified atom stereocenters. The molecule has 7 heteroatoms. The third-order valence-electron chi connectivity index (χ3n) is 3.39. The monoisotopic (exact) mass is 320 g/mol. The number of benzene rings is 1. The van der Waals surface area contributed by atoms with Crippen molar-refractivity contribution in [2.45, 2.75) is 19.8 Å². The Morgan fingerprint density at radius 1 is 1.43 bits per heavy atom. The molecule has 5 nitrogen and oxygen atoms in total. The van der Waals surface area contributed by atoms with Crippen molar-refractivity contribution in [2.75, 3.05) is 6.61 Å². The van der Waals surface area contributed by atoms with Crippen LogP contribution in [-0.2, 0) is 14.3 Å². The van der Waals surface area contributed by atoms with E-state index in [0.29, 0.717) is 0 Å². The van der Waals surface area contributed by atoms with Gasteiger partial charge in [0.25, 0.3) is 0 Å². The lowest BCUT2D eigenvalue weighted by atomic mass is 9.82. The molecule has 23 heavy (non-hydrogen) atoms. The Bertz CT molecular complexity index is 743. The number of carbonyl (C=O) groups excluding carboxylic acids is 1. The van der Waals surface area contributed by atoms with Crippen LogP contribution in [0.3, 0.4) is 0 Å². The average molecular weight is 320 g/mol. The molecule has 1 aliphatic rings. The Balaban J connectivity index is 2.72. The number of carbonyl (C=O) groups is 1. The van der Waals surface area contributed by atoms with Gasteiger partial charge in [-0.25, -0.2) is 13.6 Å². The Kier molecular flexibility index (Phi) is 4.65. The first-order valence-corrected chi connectivity index (χ1v) is 6.81. The van der Waals surface area contributed by atoms with Crippen LogP contribution in [-0.4, -0.2) is 12.6 Å². The quantitative estimate of drug-likeness (QED) is 0.865. The maximum atomic E-state index is 14.2. The number of hydrogen-bond donors (Lipinski definition) is 1. The van der Waals surface area contributed by atoms with Crippen molar-refractivity contribution in [3.63, 3.8) is 0 Å². The number of rotatable bonds is 3. The second-order valence-corrected chi connectivity index (χ2v) is 4.75. The van der Waals surface area contributed by atoms with Gasteiger partial charge in [-0.2, -0.15) is 5.26 Å². The van der Waals surface area contributed by atoms with Crippen molar-refractivity contribution in [3.05, 3.63) is 58.2 Å². The van der Waals surface area contributed by atoms with Gasteiger partial charge >= 0.3 is 5.97 Å². The second kappa shape index (κ2) is 6.48. The highest BCUT2D eigenvalue weighted by Crippen LogP contribution is 2.41. The van der Waals surface area contributed by atoms with Crippen LogP contribution in [0.25, 0.3) is 0 Å².